The number of phosphoric acid groups is 2. The minimum atomic E-state index is -5.34. The van der Waals surface area contributed by atoms with Gasteiger partial charge in [-0.15, -0.1) is 0 Å². The van der Waals surface area contributed by atoms with E-state index in [2.05, 4.69) is 9.05 Å². The Labute approximate surface area is 125 Å². The normalized spacial score (nSPS) is 17.0. The van der Waals surface area contributed by atoms with E-state index in [9.17, 15) is 28.7 Å². The Morgan fingerprint density at radius 3 is 1.57 bits per heavy atom. The van der Waals surface area contributed by atoms with E-state index in [0.29, 0.717) is 0 Å². The van der Waals surface area contributed by atoms with E-state index in [1.807, 2.05) is 0 Å². The molecule has 0 aromatic heterocycles. The number of phosphoric ester groups is 2. The van der Waals surface area contributed by atoms with E-state index in [4.69, 9.17) is 0 Å². The molecule has 0 saturated heterocycles. The highest BCUT2D eigenvalue weighted by Crippen LogP contribution is 2.40. The summed E-state index contributed by atoms with van der Waals surface area (Å²) in [7, 11) is -10.7. The maximum absolute atomic E-state index is 10.9. The summed E-state index contributed by atoms with van der Waals surface area (Å²) in [6, 6.07) is 0. The Bertz CT molecular complexity index is 405. The lowest BCUT2D eigenvalue weighted by atomic mass is 9.86. The molecular weight excluding hydrogens is 322 g/mol. The van der Waals surface area contributed by atoms with Gasteiger partial charge in [0.2, 0.25) is 0 Å². The van der Waals surface area contributed by atoms with Crippen LogP contribution in [0.5, 0.6) is 0 Å². The Morgan fingerprint density at radius 2 is 1.29 bits per heavy atom. The third-order valence-corrected chi connectivity index (χ3v) is 3.52. The standard InChI is InChI=1S/C11H26O8P2/c1-8(2)6-9(18-20(12,13)14)10(7-11(3,4)5)19-21(15,16)17/h8-10H,6-7H2,1-5H3,(H2,12,13,14)(H2,15,16,17)/p-4/t9-,10+/m1/s1. The molecule has 0 unspecified atom stereocenters. The van der Waals surface area contributed by atoms with Crippen LogP contribution in [0.4, 0.5) is 0 Å². The van der Waals surface area contributed by atoms with Crippen LogP contribution in [0.1, 0.15) is 47.5 Å². The summed E-state index contributed by atoms with van der Waals surface area (Å²) in [4.78, 5) is 43.4. The average Bonchev–Trinajstić information content (AvgIpc) is 2.07. The summed E-state index contributed by atoms with van der Waals surface area (Å²) < 4.78 is 30.5. The first-order valence-electron chi connectivity index (χ1n) is 6.50. The van der Waals surface area contributed by atoms with Gasteiger partial charge in [-0.1, -0.05) is 34.6 Å². The van der Waals surface area contributed by atoms with Crippen molar-refractivity contribution in [2.45, 2.75) is 59.7 Å². The van der Waals surface area contributed by atoms with Gasteiger partial charge in [-0.2, -0.15) is 0 Å². The summed E-state index contributed by atoms with van der Waals surface area (Å²) in [5.41, 5.74) is -0.464. The fourth-order valence-electron chi connectivity index (χ4n) is 1.90. The van der Waals surface area contributed by atoms with Gasteiger partial charge in [0.15, 0.2) is 0 Å². The average molecular weight is 344 g/mol. The van der Waals surface area contributed by atoms with Crippen LogP contribution < -0.4 is 19.6 Å². The quantitative estimate of drug-likeness (QED) is 0.555. The van der Waals surface area contributed by atoms with Crippen molar-refractivity contribution in [1.82, 2.24) is 0 Å². The first-order valence-corrected chi connectivity index (χ1v) is 9.42. The molecule has 0 N–H and O–H groups in total. The predicted molar refractivity (Wildman–Crippen MR) is 68.5 cm³/mol. The van der Waals surface area contributed by atoms with E-state index in [-0.39, 0.29) is 18.8 Å². The van der Waals surface area contributed by atoms with Crippen LogP contribution in [0, 0.1) is 11.3 Å². The second-order valence-electron chi connectivity index (χ2n) is 6.58. The van der Waals surface area contributed by atoms with Crippen LogP contribution in [0.3, 0.4) is 0 Å². The maximum atomic E-state index is 10.9. The molecule has 0 rings (SSSR count). The summed E-state index contributed by atoms with van der Waals surface area (Å²) >= 11 is 0. The molecule has 0 amide bonds. The second kappa shape index (κ2) is 7.66. The lowest BCUT2D eigenvalue weighted by Gasteiger charge is -2.43. The summed E-state index contributed by atoms with van der Waals surface area (Å²) in [6.45, 7) is 8.73. The van der Waals surface area contributed by atoms with Gasteiger partial charge in [0, 0.05) is 0 Å². The zero-order valence-corrected chi connectivity index (χ0v) is 14.6. The van der Waals surface area contributed by atoms with Crippen LogP contribution in [-0.4, -0.2) is 12.2 Å². The van der Waals surface area contributed by atoms with Crippen LogP contribution in [0.15, 0.2) is 0 Å². The highest BCUT2D eigenvalue weighted by molar-refractivity contribution is 7.43. The molecule has 0 heterocycles. The molecule has 0 fully saturated rings. The summed E-state index contributed by atoms with van der Waals surface area (Å²) in [5, 5.41) is 0. The Kier molecular flexibility index (Phi) is 7.74. The molecule has 10 heteroatoms. The van der Waals surface area contributed by atoms with E-state index in [1.54, 1.807) is 34.6 Å². The highest BCUT2D eigenvalue weighted by Gasteiger charge is 2.30. The fraction of sp³-hybridized carbons (Fsp3) is 1.00. The molecule has 0 bridgehead atoms. The van der Waals surface area contributed by atoms with E-state index in [1.165, 1.54) is 0 Å². The third kappa shape index (κ3) is 12.4. The zero-order valence-electron chi connectivity index (χ0n) is 12.8. The Hall–Kier alpha value is 0.220. The number of rotatable bonds is 8. The Balaban J connectivity index is 5.33. The highest BCUT2D eigenvalue weighted by atomic mass is 31.2. The molecular formula is C11H22O8P2-4. The maximum Gasteiger partial charge on any atom is 0.0897 e. The molecule has 2 atom stereocenters. The number of hydrogen-bond acceptors (Lipinski definition) is 8. The fourth-order valence-corrected chi connectivity index (χ4v) is 2.99. The van der Waals surface area contributed by atoms with E-state index >= 15 is 0 Å². The molecule has 0 aliphatic rings. The van der Waals surface area contributed by atoms with Gasteiger partial charge >= 0.3 is 0 Å². The van der Waals surface area contributed by atoms with Crippen molar-refractivity contribution in [2.24, 2.45) is 11.3 Å². The van der Waals surface area contributed by atoms with Gasteiger partial charge in [-0.25, -0.2) is 0 Å². The predicted octanol–water partition coefficient (Wildman–Crippen LogP) is -0.103. The van der Waals surface area contributed by atoms with Gasteiger partial charge in [0.1, 0.15) is 0 Å². The molecule has 0 radical (unpaired) electrons. The van der Waals surface area contributed by atoms with Crippen LogP contribution >= 0.6 is 15.6 Å². The molecule has 128 valence electrons. The SMILES string of the molecule is CC(C)C[C@@H](OP(=O)([O-])[O-])[C@H](CC(C)(C)C)OP(=O)([O-])[O-]. The van der Waals surface area contributed by atoms with Crippen molar-refractivity contribution in [3.63, 3.8) is 0 Å². The molecule has 0 aliphatic heterocycles. The van der Waals surface area contributed by atoms with Crippen molar-refractivity contribution in [3.8, 4) is 0 Å². The monoisotopic (exact) mass is 344 g/mol. The third-order valence-electron chi connectivity index (χ3n) is 2.46. The van der Waals surface area contributed by atoms with Crippen molar-refractivity contribution in [1.29, 1.82) is 0 Å². The van der Waals surface area contributed by atoms with Crippen LogP contribution in [0.25, 0.3) is 0 Å². The second-order valence-corrected chi connectivity index (χ2v) is 8.79. The van der Waals surface area contributed by atoms with E-state index in [0.717, 1.165) is 0 Å². The first kappa shape index (κ1) is 21.2. The van der Waals surface area contributed by atoms with Gasteiger partial charge in [-0.3, -0.25) is 0 Å². The smallest absolute Gasteiger partial charge is 0.0897 e. The molecule has 0 aromatic carbocycles. The van der Waals surface area contributed by atoms with Gasteiger partial charge in [0.25, 0.3) is 0 Å². The Morgan fingerprint density at radius 1 is 0.905 bits per heavy atom. The van der Waals surface area contributed by atoms with Crippen molar-refractivity contribution >= 4 is 15.6 Å². The molecule has 0 aromatic rings. The largest absolute Gasteiger partial charge is 0.790 e. The van der Waals surface area contributed by atoms with Crippen molar-refractivity contribution in [3.05, 3.63) is 0 Å². The molecule has 0 aliphatic carbocycles. The molecule has 8 nitrogen and oxygen atoms in total. The minimum absolute atomic E-state index is 0.0405. The van der Waals surface area contributed by atoms with Crippen LogP contribution in [-0.2, 0) is 18.2 Å². The molecule has 21 heavy (non-hydrogen) atoms. The minimum Gasteiger partial charge on any atom is -0.790 e. The van der Waals surface area contributed by atoms with Crippen LogP contribution in [0.2, 0.25) is 0 Å². The first-order chi connectivity index (χ1) is 9.09. The van der Waals surface area contributed by atoms with Gasteiger partial charge < -0.3 is 37.8 Å². The number of hydrogen-bond donors (Lipinski definition) is 0. The lowest BCUT2D eigenvalue weighted by Crippen LogP contribution is -2.39. The lowest BCUT2D eigenvalue weighted by molar-refractivity contribution is -0.357. The zero-order chi connectivity index (χ0) is 17.1. The van der Waals surface area contributed by atoms with Crippen molar-refractivity contribution < 1.29 is 37.8 Å². The van der Waals surface area contributed by atoms with Gasteiger partial charge in [0.05, 0.1) is 27.9 Å². The van der Waals surface area contributed by atoms with Crippen molar-refractivity contribution in [2.75, 3.05) is 0 Å². The van der Waals surface area contributed by atoms with Gasteiger partial charge in [-0.05, 0) is 24.2 Å². The summed E-state index contributed by atoms with van der Waals surface area (Å²) in [6.07, 6.45) is -2.54. The van der Waals surface area contributed by atoms with E-state index < -0.39 is 33.3 Å². The topological polar surface area (TPSA) is 145 Å². The molecule has 0 spiro atoms. The summed E-state index contributed by atoms with van der Waals surface area (Å²) in [5.74, 6) is -0.0923. The molecule has 0 saturated carbocycles.